The van der Waals surface area contributed by atoms with Gasteiger partial charge in [-0.1, -0.05) is 18.2 Å². The summed E-state index contributed by atoms with van der Waals surface area (Å²) in [5.41, 5.74) is 2.92. The molecule has 9 heteroatoms. The Hall–Kier alpha value is -0.510. The standard InChI is InChI=1S/C20H21Br2ClFN3OS/c21-19-17-13(23)9-15(18(17)20(22)29-19)25-16(28)11-27-7-5-26(6-8-27)10-12-3-1-2-4-14(12)24/h1-4,13,15H,5-11H2,(H,25,28). The molecule has 0 spiro atoms. The van der Waals surface area contributed by atoms with Gasteiger partial charge in [0.2, 0.25) is 5.91 Å². The second kappa shape index (κ2) is 9.32. The number of fused-ring (bicyclic) bond motifs is 1. The minimum absolute atomic E-state index is 0.0171. The number of rotatable bonds is 5. The molecule has 4 rings (SSSR count). The van der Waals surface area contributed by atoms with Gasteiger partial charge in [0.25, 0.3) is 0 Å². The minimum Gasteiger partial charge on any atom is -0.348 e. The second-order valence-corrected chi connectivity index (χ2v) is 11.6. The molecule has 1 N–H and O–H groups in total. The first-order valence-corrected chi connectivity index (χ1v) is 12.4. The third-order valence-corrected chi connectivity index (χ3v) is 8.54. The van der Waals surface area contributed by atoms with Gasteiger partial charge in [-0.2, -0.15) is 0 Å². The summed E-state index contributed by atoms with van der Waals surface area (Å²) in [5.74, 6) is -0.141. The number of thiophene rings is 1. The topological polar surface area (TPSA) is 35.6 Å². The van der Waals surface area contributed by atoms with Gasteiger partial charge in [-0.05, 0) is 44.3 Å². The number of carbonyl (C=O) groups is 1. The van der Waals surface area contributed by atoms with E-state index in [4.69, 9.17) is 11.6 Å². The molecule has 1 fully saturated rings. The average Bonchev–Trinajstić information content (AvgIpc) is 3.16. The Balaban J connectivity index is 1.27. The van der Waals surface area contributed by atoms with E-state index in [1.807, 2.05) is 12.1 Å². The third kappa shape index (κ3) is 4.88. The van der Waals surface area contributed by atoms with Crippen LogP contribution >= 0.6 is 54.8 Å². The smallest absolute Gasteiger partial charge is 0.234 e. The fraction of sp³-hybridized carbons (Fsp3) is 0.450. The number of nitrogens with zero attached hydrogens (tertiary/aromatic N) is 2. The minimum atomic E-state index is -0.158. The van der Waals surface area contributed by atoms with Gasteiger partial charge >= 0.3 is 0 Å². The molecule has 0 saturated carbocycles. The van der Waals surface area contributed by atoms with Crippen LogP contribution in [0, 0.1) is 5.82 Å². The Morgan fingerprint density at radius 3 is 2.52 bits per heavy atom. The molecule has 2 aromatic rings. The van der Waals surface area contributed by atoms with E-state index >= 15 is 0 Å². The summed E-state index contributed by atoms with van der Waals surface area (Å²) in [7, 11) is 0. The molecule has 1 aliphatic heterocycles. The van der Waals surface area contributed by atoms with Gasteiger partial charge in [-0.15, -0.1) is 22.9 Å². The number of alkyl halides is 1. The lowest BCUT2D eigenvalue weighted by Crippen LogP contribution is -2.49. The fourth-order valence-electron chi connectivity index (χ4n) is 4.01. The number of hydrogen-bond donors (Lipinski definition) is 1. The van der Waals surface area contributed by atoms with Crippen LogP contribution in [0.2, 0.25) is 0 Å². The van der Waals surface area contributed by atoms with Crippen LogP contribution in [0.1, 0.15) is 34.5 Å². The van der Waals surface area contributed by atoms with Gasteiger partial charge in [0.1, 0.15) is 5.82 Å². The van der Waals surface area contributed by atoms with E-state index in [0.29, 0.717) is 19.5 Å². The van der Waals surface area contributed by atoms with Gasteiger partial charge in [-0.3, -0.25) is 14.6 Å². The highest BCUT2D eigenvalue weighted by Crippen LogP contribution is 2.53. The molecule has 1 aromatic carbocycles. The molecule has 2 aliphatic rings. The highest BCUT2D eigenvalue weighted by molar-refractivity contribution is 9.12. The van der Waals surface area contributed by atoms with Crippen LogP contribution in [0.3, 0.4) is 0 Å². The number of amides is 1. The van der Waals surface area contributed by atoms with E-state index in [1.165, 1.54) is 6.07 Å². The molecule has 2 unspecified atom stereocenters. The monoisotopic (exact) mass is 563 g/mol. The maximum Gasteiger partial charge on any atom is 0.234 e. The Bertz CT molecular complexity index is 904. The Labute approximate surface area is 195 Å². The van der Waals surface area contributed by atoms with Crippen molar-refractivity contribution >= 4 is 60.7 Å². The zero-order chi connectivity index (χ0) is 20.5. The molecule has 29 heavy (non-hydrogen) atoms. The zero-order valence-corrected chi connectivity index (χ0v) is 20.4. The van der Waals surface area contributed by atoms with Crippen molar-refractivity contribution in [2.45, 2.75) is 24.4 Å². The molecule has 1 amide bonds. The van der Waals surface area contributed by atoms with Crippen molar-refractivity contribution in [2.75, 3.05) is 32.7 Å². The van der Waals surface area contributed by atoms with Gasteiger partial charge in [-0.25, -0.2) is 4.39 Å². The highest BCUT2D eigenvalue weighted by Gasteiger charge is 2.36. The quantitative estimate of drug-likeness (QED) is 0.515. The van der Waals surface area contributed by atoms with Crippen molar-refractivity contribution in [3.05, 3.63) is 54.3 Å². The highest BCUT2D eigenvalue weighted by atomic mass is 79.9. The molecule has 1 aromatic heterocycles. The molecule has 0 radical (unpaired) electrons. The molecule has 156 valence electrons. The molecular formula is C20H21Br2ClFN3OS. The molecule has 4 nitrogen and oxygen atoms in total. The lowest BCUT2D eigenvalue weighted by atomic mass is 10.1. The number of halogens is 4. The number of nitrogens with one attached hydrogen (secondary N) is 1. The SMILES string of the molecule is O=C(CN1CCN(Cc2ccccc2F)CC1)NC1CC(Cl)c2c(Br)sc(Br)c21. The van der Waals surface area contributed by atoms with Crippen molar-refractivity contribution in [3.63, 3.8) is 0 Å². The van der Waals surface area contributed by atoms with Gasteiger partial charge in [0.05, 0.1) is 25.5 Å². The molecule has 1 aliphatic carbocycles. The number of piperazine rings is 1. The van der Waals surface area contributed by atoms with Crippen molar-refractivity contribution in [3.8, 4) is 0 Å². The van der Waals surface area contributed by atoms with Crippen LogP contribution in [-0.4, -0.2) is 48.4 Å². The summed E-state index contributed by atoms with van der Waals surface area (Å²) in [6.45, 7) is 4.21. The summed E-state index contributed by atoms with van der Waals surface area (Å²) in [6, 6.07) is 6.85. The van der Waals surface area contributed by atoms with Crippen molar-refractivity contribution in [1.29, 1.82) is 0 Å². The second-order valence-electron chi connectivity index (χ2n) is 7.44. The van der Waals surface area contributed by atoms with Crippen LogP contribution in [-0.2, 0) is 11.3 Å². The Kier molecular flexibility index (Phi) is 6.98. The van der Waals surface area contributed by atoms with Gasteiger partial charge in [0, 0.05) is 49.4 Å². The number of hydrogen-bond acceptors (Lipinski definition) is 4. The zero-order valence-electron chi connectivity index (χ0n) is 15.6. The largest absolute Gasteiger partial charge is 0.348 e. The van der Waals surface area contributed by atoms with Gasteiger partial charge in [0.15, 0.2) is 0 Å². The van der Waals surface area contributed by atoms with Crippen LogP contribution in [0.25, 0.3) is 0 Å². The van der Waals surface area contributed by atoms with Crippen molar-refractivity contribution < 1.29 is 9.18 Å². The molecular weight excluding hydrogens is 545 g/mol. The van der Waals surface area contributed by atoms with E-state index in [0.717, 1.165) is 50.4 Å². The molecule has 2 atom stereocenters. The maximum absolute atomic E-state index is 13.8. The maximum atomic E-state index is 13.8. The summed E-state index contributed by atoms with van der Waals surface area (Å²) < 4.78 is 15.9. The van der Waals surface area contributed by atoms with Crippen molar-refractivity contribution in [1.82, 2.24) is 15.1 Å². The van der Waals surface area contributed by atoms with Crippen LogP contribution in [0.15, 0.2) is 31.8 Å². The lowest BCUT2D eigenvalue weighted by Gasteiger charge is -2.34. The normalized spacial score (nSPS) is 22.6. The molecule has 0 bridgehead atoms. The van der Waals surface area contributed by atoms with E-state index in [9.17, 15) is 9.18 Å². The average molecular weight is 566 g/mol. The first-order valence-electron chi connectivity index (χ1n) is 9.51. The van der Waals surface area contributed by atoms with E-state index < -0.39 is 0 Å². The Morgan fingerprint density at radius 2 is 1.79 bits per heavy atom. The molecule has 2 heterocycles. The molecule has 1 saturated heterocycles. The van der Waals surface area contributed by atoms with E-state index in [2.05, 4.69) is 47.0 Å². The summed E-state index contributed by atoms with van der Waals surface area (Å²) in [4.78, 5) is 17.0. The fourth-order valence-corrected chi connectivity index (χ4v) is 8.09. The van der Waals surface area contributed by atoms with Crippen molar-refractivity contribution in [2.24, 2.45) is 0 Å². The first kappa shape index (κ1) is 21.7. The lowest BCUT2D eigenvalue weighted by molar-refractivity contribution is -0.123. The van der Waals surface area contributed by atoms with E-state index in [1.54, 1.807) is 17.4 Å². The van der Waals surface area contributed by atoms with Crippen LogP contribution in [0.5, 0.6) is 0 Å². The van der Waals surface area contributed by atoms with Gasteiger partial charge < -0.3 is 5.32 Å². The van der Waals surface area contributed by atoms with Crippen LogP contribution < -0.4 is 5.32 Å². The van der Waals surface area contributed by atoms with E-state index in [-0.39, 0.29) is 23.1 Å². The Morgan fingerprint density at radius 1 is 1.14 bits per heavy atom. The summed E-state index contributed by atoms with van der Waals surface area (Å²) in [5, 5.41) is 3.06. The predicted molar refractivity (Wildman–Crippen MR) is 122 cm³/mol. The number of benzene rings is 1. The number of carbonyl (C=O) groups excluding carboxylic acids is 1. The summed E-state index contributed by atoms with van der Waals surface area (Å²) in [6.07, 6.45) is 0.707. The predicted octanol–water partition coefficient (Wildman–Crippen LogP) is 5.07. The van der Waals surface area contributed by atoms with Crippen LogP contribution in [0.4, 0.5) is 4.39 Å². The summed E-state index contributed by atoms with van der Waals surface area (Å²) >= 11 is 15.3. The third-order valence-electron chi connectivity index (χ3n) is 5.52. The first-order chi connectivity index (χ1) is 13.9.